The van der Waals surface area contributed by atoms with Crippen LogP contribution in [0.1, 0.15) is 37.7 Å². The number of hydrogen-bond acceptors (Lipinski definition) is 4. The lowest BCUT2D eigenvalue weighted by Gasteiger charge is -2.26. The van der Waals surface area contributed by atoms with E-state index in [-0.39, 0.29) is 40.7 Å². The molecule has 3 rings (SSSR count). The van der Waals surface area contributed by atoms with Crippen LogP contribution in [0.15, 0.2) is 53.4 Å². The maximum atomic E-state index is 13.5. The van der Waals surface area contributed by atoms with E-state index in [2.05, 4.69) is 5.32 Å². The van der Waals surface area contributed by atoms with Gasteiger partial charge in [-0.1, -0.05) is 61.2 Å². The predicted molar refractivity (Wildman–Crippen MR) is 117 cm³/mol. The van der Waals surface area contributed by atoms with Crippen LogP contribution in [0.2, 0.25) is 5.02 Å². The van der Waals surface area contributed by atoms with Gasteiger partial charge in [0.05, 0.1) is 13.7 Å². The molecule has 0 aliphatic heterocycles. The zero-order chi connectivity index (χ0) is 21.6. The van der Waals surface area contributed by atoms with Gasteiger partial charge in [-0.2, -0.15) is 4.31 Å². The van der Waals surface area contributed by atoms with Gasteiger partial charge in [0.15, 0.2) is 0 Å². The van der Waals surface area contributed by atoms with Crippen molar-refractivity contribution in [2.75, 3.05) is 13.7 Å². The molecule has 6 nitrogen and oxygen atoms in total. The van der Waals surface area contributed by atoms with Gasteiger partial charge >= 0.3 is 0 Å². The van der Waals surface area contributed by atoms with E-state index in [0.29, 0.717) is 0 Å². The van der Waals surface area contributed by atoms with Crippen molar-refractivity contribution < 1.29 is 17.9 Å². The van der Waals surface area contributed by atoms with Gasteiger partial charge in [-0.05, 0) is 36.6 Å². The molecular formula is C22H27ClN2O4S. The Morgan fingerprint density at radius 2 is 1.83 bits per heavy atom. The minimum atomic E-state index is -4.04. The SMILES string of the molecule is COc1ccc(Cl)cc1S(=O)(=O)N(CC(=O)NC1CCCCC1)Cc1ccccc1. The highest BCUT2D eigenvalue weighted by atomic mass is 35.5. The molecule has 30 heavy (non-hydrogen) atoms. The molecule has 162 valence electrons. The quantitative estimate of drug-likeness (QED) is 0.659. The molecule has 2 aromatic rings. The van der Waals surface area contributed by atoms with Crippen molar-refractivity contribution in [1.29, 1.82) is 0 Å². The van der Waals surface area contributed by atoms with E-state index < -0.39 is 10.0 Å². The molecule has 0 aromatic heterocycles. The Morgan fingerprint density at radius 3 is 2.50 bits per heavy atom. The summed E-state index contributed by atoms with van der Waals surface area (Å²) >= 11 is 6.06. The van der Waals surface area contributed by atoms with E-state index in [9.17, 15) is 13.2 Å². The number of halogens is 1. The van der Waals surface area contributed by atoms with Crippen LogP contribution in [-0.4, -0.2) is 38.3 Å². The van der Waals surface area contributed by atoms with Crippen molar-refractivity contribution in [2.45, 2.75) is 49.6 Å². The van der Waals surface area contributed by atoms with E-state index in [0.717, 1.165) is 31.2 Å². The van der Waals surface area contributed by atoms with Gasteiger partial charge in [0.1, 0.15) is 10.6 Å². The van der Waals surface area contributed by atoms with Crippen molar-refractivity contribution in [2.24, 2.45) is 0 Å². The average Bonchev–Trinajstić information content (AvgIpc) is 2.74. The van der Waals surface area contributed by atoms with Crippen LogP contribution in [0.4, 0.5) is 0 Å². The Morgan fingerprint density at radius 1 is 1.13 bits per heavy atom. The minimum absolute atomic E-state index is 0.0566. The summed E-state index contributed by atoms with van der Waals surface area (Å²) in [6.45, 7) is -0.208. The lowest BCUT2D eigenvalue weighted by molar-refractivity contribution is -0.122. The number of rotatable bonds is 8. The molecule has 1 aliphatic rings. The number of nitrogens with one attached hydrogen (secondary N) is 1. The third-order valence-electron chi connectivity index (χ3n) is 5.24. The Labute approximate surface area is 183 Å². The van der Waals surface area contributed by atoms with Gasteiger partial charge in [0.25, 0.3) is 0 Å². The number of nitrogens with zero attached hydrogens (tertiary/aromatic N) is 1. The first-order chi connectivity index (χ1) is 14.4. The largest absolute Gasteiger partial charge is 0.495 e. The highest BCUT2D eigenvalue weighted by Gasteiger charge is 2.30. The van der Waals surface area contributed by atoms with E-state index in [1.54, 1.807) is 6.07 Å². The first kappa shape index (κ1) is 22.6. The van der Waals surface area contributed by atoms with Gasteiger partial charge in [0.2, 0.25) is 15.9 Å². The second-order valence-electron chi connectivity index (χ2n) is 7.46. The number of carbonyl (C=O) groups excluding carboxylic acids is 1. The lowest BCUT2D eigenvalue weighted by atomic mass is 9.95. The molecule has 1 N–H and O–H groups in total. The topological polar surface area (TPSA) is 75.7 Å². The summed E-state index contributed by atoms with van der Waals surface area (Å²) in [5, 5.41) is 3.27. The van der Waals surface area contributed by atoms with E-state index in [1.165, 1.54) is 30.0 Å². The molecule has 1 aliphatic carbocycles. The third-order valence-corrected chi connectivity index (χ3v) is 7.28. The summed E-state index contributed by atoms with van der Waals surface area (Å²) in [6, 6.07) is 13.7. The van der Waals surface area contributed by atoms with Gasteiger partial charge in [-0.25, -0.2) is 8.42 Å². The highest BCUT2D eigenvalue weighted by molar-refractivity contribution is 7.89. The summed E-state index contributed by atoms with van der Waals surface area (Å²) in [7, 11) is -2.63. The van der Waals surface area contributed by atoms with Crippen LogP contribution in [0, 0.1) is 0 Å². The van der Waals surface area contributed by atoms with Crippen molar-refractivity contribution >= 4 is 27.5 Å². The van der Waals surface area contributed by atoms with E-state index >= 15 is 0 Å². The standard InChI is InChI=1S/C22H27ClN2O4S/c1-29-20-13-12-18(23)14-21(20)30(27,28)25(15-17-8-4-2-5-9-17)16-22(26)24-19-10-6-3-7-11-19/h2,4-5,8-9,12-14,19H,3,6-7,10-11,15-16H2,1H3,(H,24,26). The number of benzene rings is 2. The monoisotopic (exact) mass is 450 g/mol. The van der Waals surface area contributed by atoms with E-state index in [1.807, 2.05) is 30.3 Å². The third kappa shape index (κ3) is 5.74. The maximum absolute atomic E-state index is 13.5. The predicted octanol–water partition coefficient (Wildman–Crippen LogP) is 3.99. The molecule has 0 spiro atoms. The molecule has 8 heteroatoms. The number of methoxy groups -OCH3 is 1. The molecule has 1 saturated carbocycles. The van der Waals surface area contributed by atoms with Crippen LogP contribution < -0.4 is 10.1 Å². The van der Waals surface area contributed by atoms with Crippen molar-refractivity contribution in [3.8, 4) is 5.75 Å². The van der Waals surface area contributed by atoms with Gasteiger partial charge in [-0.3, -0.25) is 4.79 Å². The minimum Gasteiger partial charge on any atom is -0.495 e. The highest BCUT2D eigenvalue weighted by Crippen LogP contribution is 2.30. The van der Waals surface area contributed by atoms with E-state index in [4.69, 9.17) is 16.3 Å². The smallest absolute Gasteiger partial charge is 0.247 e. The molecule has 0 bridgehead atoms. The van der Waals surface area contributed by atoms with Crippen LogP contribution in [0.5, 0.6) is 5.75 Å². The fraction of sp³-hybridized carbons (Fsp3) is 0.409. The van der Waals surface area contributed by atoms with Crippen LogP contribution in [0.25, 0.3) is 0 Å². The van der Waals surface area contributed by atoms with Gasteiger partial charge < -0.3 is 10.1 Å². The molecule has 0 heterocycles. The van der Waals surface area contributed by atoms with Crippen molar-refractivity contribution in [3.63, 3.8) is 0 Å². The molecule has 0 radical (unpaired) electrons. The zero-order valence-electron chi connectivity index (χ0n) is 17.0. The normalized spacial score (nSPS) is 15.2. The number of sulfonamides is 1. The van der Waals surface area contributed by atoms with Crippen molar-refractivity contribution in [3.05, 3.63) is 59.1 Å². The number of hydrogen-bond donors (Lipinski definition) is 1. The Bertz CT molecular complexity index is 960. The second-order valence-corrected chi connectivity index (χ2v) is 9.80. The first-order valence-corrected chi connectivity index (χ1v) is 11.9. The molecule has 1 amide bonds. The van der Waals surface area contributed by atoms with Gasteiger partial charge in [0, 0.05) is 17.6 Å². The number of amides is 1. The fourth-order valence-electron chi connectivity index (χ4n) is 3.68. The fourth-order valence-corrected chi connectivity index (χ4v) is 5.49. The Kier molecular flexibility index (Phi) is 7.75. The molecule has 2 aromatic carbocycles. The molecule has 0 saturated heterocycles. The molecular weight excluding hydrogens is 424 g/mol. The second kappa shape index (κ2) is 10.3. The molecule has 1 fully saturated rings. The van der Waals surface area contributed by atoms with Crippen LogP contribution in [0.3, 0.4) is 0 Å². The Hall–Kier alpha value is -2.09. The molecule has 0 atom stereocenters. The summed E-state index contributed by atoms with van der Waals surface area (Å²) in [5.74, 6) is -0.118. The summed E-state index contributed by atoms with van der Waals surface area (Å²) < 4.78 is 33.4. The Balaban J connectivity index is 1.88. The number of carbonyl (C=O) groups is 1. The van der Waals surface area contributed by atoms with Crippen LogP contribution >= 0.6 is 11.6 Å². The zero-order valence-corrected chi connectivity index (χ0v) is 18.6. The summed E-state index contributed by atoms with van der Waals surface area (Å²) in [6.07, 6.45) is 5.20. The van der Waals surface area contributed by atoms with Crippen molar-refractivity contribution in [1.82, 2.24) is 9.62 Å². The molecule has 0 unspecified atom stereocenters. The summed E-state index contributed by atoms with van der Waals surface area (Å²) in [5.41, 5.74) is 0.785. The lowest BCUT2D eigenvalue weighted by Crippen LogP contribution is -2.44. The van der Waals surface area contributed by atoms with Gasteiger partial charge in [-0.15, -0.1) is 0 Å². The summed E-state index contributed by atoms with van der Waals surface area (Å²) in [4.78, 5) is 12.7. The number of ether oxygens (including phenoxy) is 1. The average molecular weight is 451 g/mol. The first-order valence-electron chi connectivity index (χ1n) is 10.1. The van der Waals surface area contributed by atoms with Crippen LogP contribution in [-0.2, 0) is 21.4 Å². The maximum Gasteiger partial charge on any atom is 0.247 e.